The summed E-state index contributed by atoms with van der Waals surface area (Å²) in [5.74, 6) is 0.670. The number of aryl methyl sites for hydroxylation is 1. The Labute approximate surface area is 194 Å². The first-order valence-corrected chi connectivity index (χ1v) is 11.8. The van der Waals surface area contributed by atoms with Gasteiger partial charge in [0, 0.05) is 43.5 Å². The van der Waals surface area contributed by atoms with Crippen LogP contribution >= 0.6 is 0 Å². The molecule has 1 amide bonds. The number of rotatable bonds is 7. The van der Waals surface area contributed by atoms with Gasteiger partial charge in [-0.2, -0.15) is 0 Å². The van der Waals surface area contributed by atoms with Crippen LogP contribution in [0.5, 0.6) is 0 Å². The van der Waals surface area contributed by atoms with Gasteiger partial charge in [-0.3, -0.25) is 4.79 Å². The summed E-state index contributed by atoms with van der Waals surface area (Å²) in [4.78, 5) is 21.9. The zero-order valence-corrected chi connectivity index (χ0v) is 19.4. The molecule has 1 aliphatic heterocycles. The maximum absolute atomic E-state index is 13.3. The van der Waals surface area contributed by atoms with E-state index in [2.05, 4.69) is 30.0 Å². The van der Waals surface area contributed by atoms with Gasteiger partial charge in [-0.15, -0.1) is 0 Å². The number of carbonyl (C=O) groups is 1. The predicted molar refractivity (Wildman–Crippen MR) is 130 cm³/mol. The Morgan fingerprint density at radius 1 is 1.24 bits per heavy atom. The number of carbonyl (C=O) groups excluding carboxylic acids is 1. The highest BCUT2D eigenvalue weighted by Gasteiger charge is 2.24. The molecule has 0 aliphatic carbocycles. The maximum Gasteiger partial charge on any atom is 0.222 e. The summed E-state index contributed by atoms with van der Waals surface area (Å²) in [5.41, 5.74) is 4.05. The van der Waals surface area contributed by atoms with E-state index in [1.807, 2.05) is 17.9 Å². The smallest absolute Gasteiger partial charge is 0.222 e. The number of fused-ring (bicyclic) bond motifs is 1. The molecule has 1 aliphatic rings. The van der Waals surface area contributed by atoms with Crippen LogP contribution in [0.2, 0.25) is 0 Å². The molecule has 0 saturated carbocycles. The highest BCUT2D eigenvalue weighted by Crippen LogP contribution is 2.29. The molecule has 0 radical (unpaired) electrons. The summed E-state index contributed by atoms with van der Waals surface area (Å²) in [7, 11) is 0. The fourth-order valence-corrected chi connectivity index (χ4v) is 4.55. The lowest BCUT2D eigenvalue weighted by Crippen LogP contribution is -2.40. The van der Waals surface area contributed by atoms with Crippen LogP contribution in [0.25, 0.3) is 10.9 Å². The Morgan fingerprint density at radius 3 is 2.76 bits per heavy atom. The highest BCUT2D eigenvalue weighted by molar-refractivity contribution is 5.85. The molecule has 1 saturated heterocycles. The number of amides is 1. The number of para-hydroxylation sites is 1. The summed E-state index contributed by atoms with van der Waals surface area (Å²) in [6, 6.07) is 14.7. The first kappa shape index (κ1) is 23.2. The van der Waals surface area contributed by atoms with Gasteiger partial charge < -0.3 is 14.9 Å². The van der Waals surface area contributed by atoms with E-state index in [0.717, 1.165) is 52.8 Å². The summed E-state index contributed by atoms with van der Waals surface area (Å²) < 4.78 is 13.3. The third kappa shape index (κ3) is 5.50. The minimum atomic E-state index is -0.368. The second-order valence-electron chi connectivity index (χ2n) is 8.91. The van der Waals surface area contributed by atoms with Crippen molar-refractivity contribution in [1.82, 2.24) is 9.88 Å². The van der Waals surface area contributed by atoms with Crippen LogP contribution < -0.4 is 4.90 Å². The lowest BCUT2D eigenvalue weighted by atomic mass is 10.0. The van der Waals surface area contributed by atoms with Gasteiger partial charge in [0.15, 0.2) is 0 Å². The van der Waals surface area contributed by atoms with Crippen molar-refractivity contribution in [3.05, 3.63) is 71.0 Å². The van der Waals surface area contributed by atoms with Gasteiger partial charge in [0.2, 0.25) is 5.91 Å². The number of β-amino-alcohol motifs (C(OH)–C–C–N with tert-alkyl or cyclic N) is 1. The van der Waals surface area contributed by atoms with Gasteiger partial charge in [0.05, 0.1) is 11.6 Å². The number of anilines is 1. The minimum absolute atomic E-state index is 0.0751. The van der Waals surface area contributed by atoms with Crippen LogP contribution in [-0.2, 0) is 17.8 Å². The SMILES string of the molecule is CCC(=O)N(CCc1ccc(F)cc1)Cc1cc2cccc(C)c2nc1N1CCCC(O)C1. The second kappa shape index (κ2) is 10.3. The Bertz CT molecular complexity index is 1120. The third-order valence-electron chi connectivity index (χ3n) is 6.40. The van der Waals surface area contributed by atoms with Crippen molar-refractivity contribution in [2.75, 3.05) is 24.5 Å². The van der Waals surface area contributed by atoms with Crippen LogP contribution in [0.15, 0.2) is 48.5 Å². The fraction of sp³-hybridized carbons (Fsp3) is 0.407. The monoisotopic (exact) mass is 449 g/mol. The first-order valence-electron chi connectivity index (χ1n) is 11.8. The van der Waals surface area contributed by atoms with E-state index in [9.17, 15) is 14.3 Å². The molecule has 5 nitrogen and oxygen atoms in total. The molecule has 2 heterocycles. The molecule has 2 aromatic carbocycles. The molecule has 1 atom stereocenters. The number of hydrogen-bond acceptors (Lipinski definition) is 4. The molecule has 4 rings (SSSR count). The molecule has 1 aromatic heterocycles. The quantitative estimate of drug-likeness (QED) is 0.572. The van der Waals surface area contributed by atoms with Crippen LogP contribution in [0.4, 0.5) is 10.2 Å². The van der Waals surface area contributed by atoms with E-state index in [4.69, 9.17) is 4.98 Å². The lowest BCUT2D eigenvalue weighted by molar-refractivity contribution is -0.131. The molecular weight excluding hydrogens is 417 g/mol. The first-order chi connectivity index (χ1) is 15.9. The number of nitrogens with zero attached hydrogens (tertiary/aromatic N) is 3. The summed E-state index contributed by atoms with van der Waals surface area (Å²) in [6.45, 7) is 6.32. The second-order valence-corrected chi connectivity index (χ2v) is 8.91. The van der Waals surface area contributed by atoms with Crippen LogP contribution in [0.1, 0.15) is 42.9 Å². The maximum atomic E-state index is 13.3. The molecule has 174 valence electrons. The standard InChI is InChI=1S/C27H32FN3O2/c1-3-25(33)30(15-13-20-9-11-23(28)12-10-20)17-22-16-21-7-4-6-19(2)26(21)29-27(22)31-14-5-8-24(32)18-31/h4,6-7,9-12,16,24,32H,3,5,8,13-15,17-18H2,1-2H3. The van der Waals surface area contributed by atoms with E-state index < -0.39 is 0 Å². The average molecular weight is 450 g/mol. The fourth-order valence-electron chi connectivity index (χ4n) is 4.55. The van der Waals surface area contributed by atoms with Crippen molar-refractivity contribution in [2.24, 2.45) is 0 Å². The molecule has 6 heteroatoms. The summed E-state index contributed by atoms with van der Waals surface area (Å²) >= 11 is 0. The van der Waals surface area contributed by atoms with Crippen molar-refractivity contribution >= 4 is 22.6 Å². The number of aliphatic hydroxyl groups excluding tert-OH is 1. The Morgan fingerprint density at radius 2 is 2.03 bits per heavy atom. The number of benzene rings is 2. The number of aliphatic hydroxyl groups is 1. The van der Waals surface area contributed by atoms with Gasteiger partial charge in [0.1, 0.15) is 11.6 Å². The van der Waals surface area contributed by atoms with Crippen molar-refractivity contribution in [2.45, 2.75) is 52.2 Å². The van der Waals surface area contributed by atoms with E-state index >= 15 is 0 Å². The third-order valence-corrected chi connectivity index (χ3v) is 6.40. The lowest BCUT2D eigenvalue weighted by Gasteiger charge is -2.33. The largest absolute Gasteiger partial charge is 0.391 e. The molecule has 3 aromatic rings. The Balaban J connectivity index is 1.66. The van der Waals surface area contributed by atoms with Gasteiger partial charge >= 0.3 is 0 Å². The van der Waals surface area contributed by atoms with Crippen molar-refractivity contribution < 1.29 is 14.3 Å². The highest BCUT2D eigenvalue weighted by atomic mass is 19.1. The predicted octanol–water partition coefficient (Wildman–Crippen LogP) is 4.62. The van der Waals surface area contributed by atoms with Crippen molar-refractivity contribution in [1.29, 1.82) is 0 Å². The van der Waals surface area contributed by atoms with Crippen molar-refractivity contribution in [3.63, 3.8) is 0 Å². The van der Waals surface area contributed by atoms with Gasteiger partial charge in [-0.1, -0.05) is 37.3 Å². The van der Waals surface area contributed by atoms with Crippen LogP contribution in [0.3, 0.4) is 0 Å². The molecule has 1 N–H and O–H groups in total. The van der Waals surface area contributed by atoms with Gasteiger partial charge in [0.25, 0.3) is 0 Å². The number of halogens is 1. The number of piperidine rings is 1. The summed E-state index contributed by atoms with van der Waals surface area (Å²) in [6.07, 6.45) is 2.42. The zero-order valence-electron chi connectivity index (χ0n) is 19.4. The molecule has 33 heavy (non-hydrogen) atoms. The molecule has 1 unspecified atom stereocenters. The molecule has 0 spiro atoms. The van der Waals surface area contributed by atoms with Crippen LogP contribution in [-0.4, -0.2) is 46.6 Å². The Hall–Kier alpha value is -2.99. The Kier molecular flexibility index (Phi) is 7.23. The average Bonchev–Trinajstić information content (AvgIpc) is 2.82. The molecule has 1 fully saturated rings. The number of aromatic nitrogens is 1. The van der Waals surface area contributed by atoms with E-state index in [1.165, 1.54) is 12.1 Å². The number of hydrogen-bond donors (Lipinski definition) is 1. The van der Waals surface area contributed by atoms with Crippen molar-refractivity contribution in [3.8, 4) is 0 Å². The minimum Gasteiger partial charge on any atom is -0.391 e. The zero-order chi connectivity index (χ0) is 23.4. The van der Waals surface area contributed by atoms with E-state index in [-0.39, 0.29) is 17.8 Å². The van der Waals surface area contributed by atoms with Gasteiger partial charge in [-0.25, -0.2) is 9.37 Å². The molecular formula is C27H32FN3O2. The normalized spacial score (nSPS) is 16.2. The van der Waals surface area contributed by atoms with Crippen LogP contribution in [0, 0.1) is 12.7 Å². The van der Waals surface area contributed by atoms with E-state index in [1.54, 1.807) is 12.1 Å². The number of pyridine rings is 1. The summed E-state index contributed by atoms with van der Waals surface area (Å²) in [5, 5.41) is 11.3. The topological polar surface area (TPSA) is 56.7 Å². The van der Waals surface area contributed by atoms with Gasteiger partial charge in [-0.05, 0) is 55.5 Å². The molecule has 0 bridgehead atoms. The van der Waals surface area contributed by atoms with E-state index in [0.29, 0.717) is 32.5 Å².